The minimum atomic E-state index is 0.598. The van der Waals surface area contributed by atoms with Gasteiger partial charge >= 0.3 is 0 Å². The van der Waals surface area contributed by atoms with Crippen LogP contribution in [-0.2, 0) is 4.74 Å². The average molecular weight is 337 g/mol. The van der Waals surface area contributed by atoms with Gasteiger partial charge in [0.2, 0.25) is 0 Å². The molecular formula is C24H32O. The summed E-state index contributed by atoms with van der Waals surface area (Å²) in [5, 5.41) is 0. The van der Waals surface area contributed by atoms with Crippen LogP contribution < -0.4 is 0 Å². The van der Waals surface area contributed by atoms with E-state index in [1.807, 2.05) is 7.11 Å². The standard InChI is InChI=1S/C24H32O/c1-9-12-6-17(24(9)25-2)23-16-8-15(20(12)23)21-13-7-14(22(16)21)19-11-4-3-10(5-11)18(13)19/h3-4,9-24H,5-8H2,1-2H3. The maximum absolute atomic E-state index is 6.05. The zero-order chi connectivity index (χ0) is 16.2. The Morgan fingerprint density at radius 2 is 1.08 bits per heavy atom. The van der Waals surface area contributed by atoms with Gasteiger partial charge in [-0.3, -0.25) is 0 Å². The number of rotatable bonds is 1. The maximum Gasteiger partial charge on any atom is 0.0630 e. The Morgan fingerprint density at radius 1 is 0.600 bits per heavy atom. The largest absolute Gasteiger partial charge is 0.381 e. The number of methoxy groups -OCH3 is 1. The van der Waals surface area contributed by atoms with E-state index >= 15 is 0 Å². The fourth-order valence-electron chi connectivity index (χ4n) is 12.1. The Balaban J connectivity index is 1.21. The minimum absolute atomic E-state index is 0.598. The van der Waals surface area contributed by atoms with Crippen molar-refractivity contribution in [3.05, 3.63) is 12.2 Å². The smallest absolute Gasteiger partial charge is 0.0630 e. The minimum Gasteiger partial charge on any atom is -0.381 e. The number of ether oxygens (including phenoxy) is 1. The fraction of sp³-hybridized carbons (Fsp3) is 0.917. The highest BCUT2D eigenvalue weighted by atomic mass is 16.5. The van der Waals surface area contributed by atoms with E-state index in [4.69, 9.17) is 4.74 Å². The van der Waals surface area contributed by atoms with E-state index in [-0.39, 0.29) is 0 Å². The van der Waals surface area contributed by atoms with Crippen molar-refractivity contribution in [3.8, 4) is 0 Å². The van der Waals surface area contributed by atoms with Crippen LogP contribution in [0.2, 0.25) is 0 Å². The summed E-state index contributed by atoms with van der Waals surface area (Å²) in [4.78, 5) is 0. The molecule has 8 rings (SSSR count). The first-order chi connectivity index (χ1) is 12.3. The van der Waals surface area contributed by atoms with Crippen LogP contribution in [0.3, 0.4) is 0 Å². The van der Waals surface area contributed by atoms with E-state index in [2.05, 4.69) is 19.1 Å². The van der Waals surface area contributed by atoms with Crippen LogP contribution in [0.1, 0.15) is 32.6 Å². The molecule has 0 heterocycles. The summed E-state index contributed by atoms with van der Waals surface area (Å²) in [6.45, 7) is 2.52. The molecule has 8 bridgehead atoms. The van der Waals surface area contributed by atoms with Crippen LogP contribution in [0.15, 0.2) is 12.2 Å². The molecule has 1 heteroatoms. The molecule has 7 fully saturated rings. The lowest BCUT2D eigenvalue weighted by molar-refractivity contribution is -0.0775. The van der Waals surface area contributed by atoms with Crippen LogP contribution in [-0.4, -0.2) is 13.2 Å². The van der Waals surface area contributed by atoms with E-state index in [9.17, 15) is 0 Å². The third-order valence-corrected chi connectivity index (χ3v) is 11.9. The summed E-state index contributed by atoms with van der Waals surface area (Å²) < 4.78 is 6.05. The second-order valence-electron chi connectivity index (χ2n) is 11.7. The molecule has 0 aromatic carbocycles. The van der Waals surface area contributed by atoms with Gasteiger partial charge in [-0.05, 0) is 114 Å². The molecule has 0 amide bonds. The first-order valence-electron chi connectivity index (χ1n) is 11.5. The molecule has 1 nitrogen and oxygen atoms in total. The average Bonchev–Trinajstić information content (AvgIpc) is 3.45. The van der Waals surface area contributed by atoms with Gasteiger partial charge < -0.3 is 4.74 Å². The predicted octanol–water partition coefficient (Wildman–Crippen LogP) is 4.49. The highest BCUT2D eigenvalue weighted by molar-refractivity contribution is 5.27. The molecule has 134 valence electrons. The molecule has 0 spiro atoms. The number of hydrogen-bond acceptors (Lipinski definition) is 1. The molecule has 0 N–H and O–H groups in total. The lowest BCUT2D eigenvalue weighted by Crippen LogP contribution is -2.49. The zero-order valence-corrected chi connectivity index (χ0v) is 15.6. The quantitative estimate of drug-likeness (QED) is 0.506. The number of allylic oxidation sites excluding steroid dienone is 2. The van der Waals surface area contributed by atoms with Gasteiger partial charge in [0.15, 0.2) is 0 Å². The fourth-order valence-corrected chi connectivity index (χ4v) is 12.1. The Bertz CT molecular complexity index is 682. The first-order valence-corrected chi connectivity index (χ1v) is 11.5. The first kappa shape index (κ1) is 13.8. The van der Waals surface area contributed by atoms with Crippen LogP contribution in [0.5, 0.6) is 0 Å². The molecule has 0 radical (unpaired) electrons. The van der Waals surface area contributed by atoms with Crippen molar-refractivity contribution in [2.24, 2.45) is 88.8 Å². The molecule has 8 aliphatic rings. The summed E-state index contributed by atoms with van der Waals surface area (Å²) in [6.07, 6.45) is 12.2. The number of hydrogen-bond donors (Lipinski definition) is 0. The molecule has 8 aliphatic carbocycles. The normalized spacial score (nSPS) is 75.0. The summed E-state index contributed by atoms with van der Waals surface area (Å²) in [7, 11) is 2.00. The van der Waals surface area contributed by atoms with Crippen molar-refractivity contribution >= 4 is 0 Å². The van der Waals surface area contributed by atoms with E-state index in [1.54, 1.807) is 12.8 Å². The van der Waals surface area contributed by atoms with Crippen molar-refractivity contribution in [1.29, 1.82) is 0 Å². The van der Waals surface area contributed by atoms with Crippen LogP contribution in [0.25, 0.3) is 0 Å². The predicted molar refractivity (Wildman–Crippen MR) is 96.4 cm³/mol. The van der Waals surface area contributed by atoms with E-state index in [1.165, 1.54) is 12.8 Å². The molecule has 0 saturated heterocycles. The lowest BCUT2D eigenvalue weighted by Gasteiger charge is -2.51. The second-order valence-corrected chi connectivity index (χ2v) is 11.7. The Morgan fingerprint density at radius 3 is 1.68 bits per heavy atom. The topological polar surface area (TPSA) is 9.23 Å². The van der Waals surface area contributed by atoms with Gasteiger partial charge in [0.25, 0.3) is 0 Å². The zero-order valence-electron chi connectivity index (χ0n) is 15.6. The summed E-state index contributed by atoms with van der Waals surface area (Å²) in [5.41, 5.74) is 0. The van der Waals surface area contributed by atoms with Gasteiger partial charge in [-0.25, -0.2) is 0 Å². The highest BCUT2D eigenvalue weighted by Crippen LogP contribution is 2.81. The SMILES string of the molecule is COC1C(C)C2CC1C1C3CC(C21)C1C2CC(C4C5C=CC(C5)C24)C31. The molecule has 16 unspecified atom stereocenters. The van der Waals surface area contributed by atoms with Gasteiger partial charge in [0.05, 0.1) is 6.10 Å². The van der Waals surface area contributed by atoms with E-state index < -0.39 is 0 Å². The lowest BCUT2D eigenvalue weighted by atomic mass is 9.54. The Labute approximate surface area is 152 Å². The summed E-state index contributed by atoms with van der Waals surface area (Å²) in [6, 6.07) is 0. The molecule has 0 aliphatic heterocycles. The van der Waals surface area contributed by atoms with Crippen molar-refractivity contribution in [2.75, 3.05) is 7.11 Å². The third kappa shape index (κ3) is 1.24. The Kier molecular flexibility index (Phi) is 2.25. The maximum atomic E-state index is 6.05. The van der Waals surface area contributed by atoms with Gasteiger partial charge in [-0.1, -0.05) is 19.1 Å². The van der Waals surface area contributed by atoms with Gasteiger partial charge in [0, 0.05) is 7.11 Å². The molecule has 7 saturated carbocycles. The van der Waals surface area contributed by atoms with Crippen molar-refractivity contribution in [1.82, 2.24) is 0 Å². The van der Waals surface area contributed by atoms with Crippen molar-refractivity contribution < 1.29 is 4.74 Å². The van der Waals surface area contributed by atoms with Gasteiger partial charge in [-0.15, -0.1) is 0 Å². The third-order valence-electron chi connectivity index (χ3n) is 11.9. The van der Waals surface area contributed by atoms with Crippen LogP contribution in [0, 0.1) is 88.8 Å². The van der Waals surface area contributed by atoms with E-state index in [0.29, 0.717) is 6.10 Å². The Hall–Kier alpha value is -0.300. The molecule has 25 heavy (non-hydrogen) atoms. The molecule has 16 atom stereocenters. The van der Waals surface area contributed by atoms with Crippen molar-refractivity contribution in [2.45, 2.75) is 38.7 Å². The van der Waals surface area contributed by atoms with Gasteiger partial charge in [-0.2, -0.15) is 0 Å². The van der Waals surface area contributed by atoms with Gasteiger partial charge in [0.1, 0.15) is 0 Å². The molecular weight excluding hydrogens is 304 g/mol. The van der Waals surface area contributed by atoms with E-state index in [0.717, 1.165) is 88.8 Å². The monoisotopic (exact) mass is 336 g/mol. The summed E-state index contributed by atoms with van der Waals surface area (Å²) >= 11 is 0. The molecule has 0 aromatic rings. The van der Waals surface area contributed by atoms with Crippen molar-refractivity contribution in [3.63, 3.8) is 0 Å². The summed E-state index contributed by atoms with van der Waals surface area (Å²) in [5.74, 6) is 16.0. The van der Waals surface area contributed by atoms with Crippen LogP contribution >= 0.6 is 0 Å². The highest BCUT2D eigenvalue weighted by Gasteiger charge is 2.76. The second kappa shape index (κ2) is 4.08. The molecule has 0 aromatic heterocycles. The van der Waals surface area contributed by atoms with Crippen LogP contribution in [0.4, 0.5) is 0 Å². The number of fused-ring (bicyclic) bond motifs is 23.